The Morgan fingerprint density at radius 1 is 0.719 bits per heavy atom. The Hall–Kier alpha value is -3.29. The average Bonchev–Trinajstić information content (AvgIpc) is 2.70. The van der Waals surface area contributed by atoms with Crippen molar-refractivity contribution in [2.45, 2.75) is 32.7 Å². The van der Waals surface area contributed by atoms with Gasteiger partial charge in [0, 0.05) is 12.1 Å². The van der Waals surface area contributed by atoms with Crippen molar-refractivity contribution < 1.29 is 31.1 Å². The maximum Gasteiger partial charge on any atom is 0.416 e. The van der Waals surface area contributed by atoms with Crippen LogP contribution in [0.3, 0.4) is 0 Å². The van der Waals surface area contributed by atoms with Gasteiger partial charge >= 0.3 is 12.4 Å². The second-order valence-corrected chi connectivity index (χ2v) is 7.55. The molecule has 168 valence electrons. The third-order valence-electron chi connectivity index (χ3n) is 4.80. The number of carbonyl (C=O) groups excluding carboxylic acids is 1. The smallest absolute Gasteiger partial charge is 0.348 e. The van der Waals surface area contributed by atoms with Gasteiger partial charge in [-0.05, 0) is 60.9 Å². The van der Waals surface area contributed by atoms with Crippen molar-refractivity contribution in [3.8, 4) is 11.1 Å². The topological polar surface area (TPSA) is 29.1 Å². The quantitative estimate of drug-likeness (QED) is 0.428. The third-order valence-corrected chi connectivity index (χ3v) is 4.80. The summed E-state index contributed by atoms with van der Waals surface area (Å²) in [6.07, 6.45) is -9.88. The van der Waals surface area contributed by atoms with E-state index >= 15 is 0 Å². The normalized spacial score (nSPS) is 12.0. The molecule has 3 rings (SSSR count). The number of aryl methyl sites for hydroxylation is 2. The minimum atomic E-state index is -4.94. The molecule has 1 N–H and O–H groups in total. The van der Waals surface area contributed by atoms with Crippen molar-refractivity contribution in [2.75, 3.05) is 0 Å². The van der Waals surface area contributed by atoms with Gasteiger partial charge < -0.3 is 5.32 Å². The molecule has 0 saturated heterocycles. The van der Waals surface area contributed by atoms with E-state index in [2.05, 4.69) is 5.32 Å². The Balaban J connectivity index is 1.77. The van der Waals surface area contributed by atoms with Gasteiger partial charge in [-0.2, -0.15) is 26.3 Å². The highest BCUT2D eigenvalue weighted by atomic mass is 19.4. The van der Waals surface area contributed by atoms with Crippen molar-refractivity contribution in [2.24, 2.45) is 0 Å². The van der Waals surface area contributed by atoms with Crippen LogP contribution in [0, 0.1) is 13.8 Å². The molecule has 0 unspecified atom stereocenters. The van der Waals surface area contributed by atoms with Gasteiger partial charge in [0.05, 0.1) is 11.1 Å². The Morgan fingerprint density at radius 3 is 1.69 bits per heavy atom. The standard InChI is InChI=1S/C24H19F6NO/c1-14-7-15(2)9-19(8-14)17-3-5-18(6-4-17)22(32)31-13-16-10-20(23(25,26)27)12-21(11-16)24(28,29)30/h3-12H,13H2,1-2H3,(H,31,32). The highest BCUT2D eigenvalue weighted by molar-refractivity contribution is 5.94. The van der Waals surface area contributed by atoms with Gasteiger partial charge in [-0.15, -0.1) is 0 Å². The minimum absolute atomic E-state index is 0.0526. The molecule has 0 radical (unpaired) electrons. The number of benzene rings is 3. The molecule has 0 fully saturated rings. The molecule has 32 heavy (non-hydrogen) atoms. The zero-order valence-corrected chi connectivity index (χ0v) is 17.2. The van der Waals surface area contributed by atoms with Crippen LogP contribution in [0.4, 0.5) is 26.3 Å². The zero-order chi connectivity index (χ0) is 23.7. The molecule has 0 bridgehead atoms. The largest absolute Gasteiger partial charge is 0.416 e. The molecule has 0 heterocycles. The lowest BCUT2D eigenvalue weighted by molar-refractivity contribution is -0.143. The molecule has 3 aromatic rings. The summed E-state index contributed by atoms with van der Waals surface area (Å²) < 4.78 is 77.8. The van der Waals surface area contributed by atoms with Gasteiger partial charge in [0.25, 0.3) is 5.91 Å². The summed E-state index contributed by atoms with van der Waals surface area (Å²) in [7, 11) is 0. The first-order valence-electron chi connectivity index (χ1n) is 9.58. The number of alkyl halides is 6. The van der Waals surface area contributed by atoms with Crippen molar-refractivity contribution in [3.63, 3.8) is 0 Å². The number of hydrogen-bond donors (Lipinski definition) is 1. The van der Waals surface area contributed by atoms with Gasteiger partial charge in [0.1, 0.15) is 0 Å². The van der Waals surface area contributed by atoms with E-state index in [9.17, 15) is 31.1 Å². The highest BCUT2D eigenvalue weighted by Crippen LogP contribution is 2.36. The lowest BCUT2D eigenvalue weighted by Crippen LogP contribution is -2.23. The van der Waals surface area contributed by atoms with Gasteiger partial charge in [-0.25, -0.2) is 0 Å². The fraction of sp³-hybridized carbons (Fsp3) is 0.208. The van der Waals surface area contributed by atoms with Crippen LogP contribution in [-0.2, 0) is 18.9 Å². The number of nitrogens with one attached hydrogen (secondary N) is 1. The van der Waals surface area contributed by atoms with E-state index in [0.717, 1.165) is 22.3 Å². The third kappa shape index (κ3) is 5.69. The van der Waals surface area contributed by atoms with Crippen LogP contribution in [0.1, 0.15) is 38.2 Å². The van der Waals surface area contributed by atoms with Crippen molar-refractivity contribution in [3.05, 3.63) is 94.0 Å². The maximum atomic E-state index is 13.0. The van der Waals surface area contributed by atoms with Crippen molar-refractivity contribution in [1.29, 1.82) is 0 Å². The van der Waals surface area contributed by atoms with E-state index < -0.39 is 35.9 Å². The monoisotopic (exact) mass is 451 g/mol. The van der Waals surface area contributed by atoms with Crippen molar-refractivity contribution in [1.82, 2.24) is 5.32 Å². The lowest BCUT2D eigenvalue weighted by Gasteiger charge is -2.14. The Kier molecular flexibility index (Phi) is 6.34. The summed E-state index contributed by atoms with van der Waals surface area (Å²) in [6.45, 7) is 3.46. The Morgan fingerprint density at radius 2 is 1.22 bits per heavy atom. The first-order chi connectivity index (χ1) is 14.8. The molecule has 0 aliphatic carbocycles. The maximum absolute atomic E-state index is 13.0. The molecule has 0 aliphatic heterocycles. The number of halogens is 6. The molecule has 1 amide bonds. The van der Waals surface area contributed by atoms with Crippen LogP contribution < -0.4 is 5.32 Å². The van der Waals surface area contributed by atoms with E-state index in [1.807, 2.05) is 32.0 Å². The molecule has 0 spiro atoms. The first kappa shape index (κ1) is 23.4. The summed E-state index contributed by atoms with van der Waals surface area (Å²) in [5, 5.41) is 2.38. The second kappa shape index (κ2) is 8.68. The molecule has 0 aliphatic rings. The van der Waals surface area contributed by atoms with E-state index in [0.29, 0.717) is 12.1 Å². The molecule has 3 aromatic carbocycles. The molecular formula is C24H19F6NO. The predicted octanol–water partition coefficient (Wildman–Crippen LogP) is 6.94. The highest BCUT2D eigenvalue weighted by Gasteiger charge is 2.36. The van der Waals surface area contributed by atoms with Crippen LogP contribution >= 0.6 is 0 Å². The van der Waals surface area contributed by atoms with Crippen LogP contribution in [0.15, 0.2) is 60.7 Å². The summed E-state index contributed by atoms with van der Waals surface area (Å²) >= 11 is 0. The second-order valence-electron chi connectivity index (χ2n) is 7.55. The average molecular weight is 451 g/mol. The number of rotatable bonds is 4. The predicted molar refractivity (Wildman–Crippen MR) is 109 cm³/mol. The summed E-state index contributed by atoms with van der Waals surface area (Å²) in [4.78, 5) is 12.4. The molecule has 2 nitrogen and oxygen atoms in total. The summed E-state index contributed by atoms with van der Waals surface area (Å²) in [6, 6.07) is 13.8. The SMILES string of the molecule is Cc1cc(C)cc(-c2ccc(C(=O)NCc3cc(C(F)(F)F)cc(C(F)(F)F)c3)cc2)c1. The molecule has 0 aromatic heterocycles. The number of hydrogen-bond acceptors (Lipinski definition) is 1. The van der Waals surface area contributed by atoms with E-state index in [4.69, 9.17) is 0 Å². The summed E-state index contributed by atoms with van der Waals surface area (Å²) in [5.41, 5.74) is 1.11. The molecule has 0 saturated carbocycles. The Bertz CT molecular complexity index is 1080. The van der Waals surface area contributed by atoms with E-state index in [1.165, 1.54) is 0 Å². The Labute approximate surface area is 180 Å². The van der Waals surface area contributed by atoms with Crippen LogP contribution in [0.5, 0.6) is 0 Å². The fourth-order valence-corrected chi connectivity index (χ4v) is 3.36. The molecular weight excluding hydrogens is 432 g/mol. The van der Waals surface area contributed by atoms with Gasteiger partial charge in [0.2, 0.25) is 0 Å². The molecule has 8 heteroatoms. The van der Waals surface area contributed by atoms with Gasteiger partial charge in [0.15, 0.2) is 0 Å². The molecule has 0 atom stereocenters. The van der Waals surface area contributed by atoms with Gasteiger partial charge in [-0.3, -0.25) is 4.79 Å². The van der Waals surface area contributed by atoms with Gasteiger partial charge in [-0.1, -0.05) is 41.5 Å². The fourth-order valence-electron chi connectivity index (χ4n) is 3.36. The van der Waals surface area contributed by atoms with Crippen LogP contribution in [-0.4, -0.2) is 5.91 Å². The van der Waals surface area contributed by atoms with E-state index in [1.54, 1.807) is 24.3 Å². The first-order valence-corrected chi connectivity index (χ1v) is 9.58. The zero-order valence-electron chi connectivity index (χ0n) is 17.2. The number of carbonyl (C=O) groups is 1. The van der Waals surface area contributed by atoms with Crippen LogP contribution in [0.25, 0.3) is 11.1 Å². The van der Waals surface area contributed by atoms with E-state index in [-0.39, 0.29) is 17.2 Å². The summed E-state index contributed by atoms with van der Waals surface area (Å²) in [5.74, 6) is -0.608. The lowest BCUT2D eigenvalue weighted by atomic mass is 9.99. The number of amides is 1. The van der Waals surface area contributed by atoms with Crippen molar-refractivity contribution >= 4 is 5.91 Å². The minimum Gasteiger partial charge on any atom is -0.348 e. The van der Waals surface area contributed by atoms with Crippen LogP contribution in [0.2, 0.25) is 0 Å².